The molecule has 0 aromatic carbocycles. The summed E-state index contributed by atoms with van der Waals surface area (Å²) in [5.74, 6) is -0.534. The molecule has 14 heteroatoms. The Labute approximate surface area is 212 Å². The smallest absolute Gasteiger partial charge is 0.315 e. The molecule has 0 aliphatic carbocycles. The van der Waals surface area contributed by atoms with E-state index < -0.39 is 86.5 Å². The van der Waals surface area contributed by atoms with Crippen LogP contribution < -0.4 is 16.0 Å². The van der Waals surface area contributed by atoms with E-state index in [1.54, 1.807) is 6.92 Å². The minimum absolute atomic E-state index is 0.126. The van der Waals surface area contributed by atoms with Gasteiger partial charge in [-0.3, -0.25) is 0 Å². The van der Waals surface area contributed by atoms with Crippen molar-refractivity contribution < 1.29 is 53.8 Å². The third-order valence-electron chi connectivity index (χ3n) is 6.52. The van der Waals surface area contributed by atoms with Gasteiger partial charge >= 0.3 is 6.03 Å². The second-order valence-corrected chi connectivity index (χ2v) is 10.4. The second-order valence-electron chi connectivity index (χ2n) is 10.4. The Morgan fingerprint density at radius 1 is 1.03 bits per heavy atom. The van der Waals surface area contributed by atoms with E-state index in [-0.39, 0.29) is 6.54 Å². The molecule has 8 N–H and O–H groups in total. The van der Waals surface area contributed by atoms with Crippen LogP contribution in [0.15, 0.2) is 0 Å². The summed E-state index contributed by atoms with van der Waals surface area (Å²) in [6, 6.07) is -2.49. The van der Waals surface area contributed by atoms with Gasteiger partial charge in [0.25, 0.3) is 0 Å². The van der Waals surface area contributed by atoms with Crippen LogP contribution in [0.3, 0.4) is 0 Å². The van der Waals surface area contributed by atoms with E-state index in [1.165, 1.54) is 14.2 Å². The highest BCUT2D eigenvalue weighted by Crippen LogP contribution is 2.31. The first-order chi connectivity index (χ1) is 16.9. The summed E-state index contributed by atoms with van der Waals surface area (Å²) in [6.07, 6.45) is -8.42. The first-order valence-corrected chi connectivity index (χ1v) is 12.1. The average Bonchev–Trinajstić information content (AvgIpc) is 2.82. The minimum Gasteiger partial charge on any atom is -0.394 e. The molecule has 11 atom stereocenters. The number of aliphatic hydroxyl groups is 5. The lowest BCUT2D eigenvalue weighted by atomic mass is 9.89. The van der Waals surface area contributed by atoms with Crippen LogP contribution in [0.25, 0.3) is 0 Å². The Kier molecular flexibility index (Phi) is 11.7. The molecule has 2 aliphatic heterocycles. The Hall–Kier alpha value is -1.17. The lowest BCUT2D eigenvalue weighted by Gasteiger charge is -2.48. The molecule has 11 unspecified atom stereocenters. The van der Waals surface area contributed by atoms with E-state index in [9.17, 15) is 30.3 Å². The molecule has 0 bridgehead atoms. The molecule has 0 saturated carbocycles. The minimum atomic E-state index is -1.30. The third-order valence-corrected chi connectivity index (χ3v) is 6.52. The van der Waals surface area contributed by atoms with Gasteiger partial charge in [0.2, 0.25) is 0 Å². The summed E-state index contributed by atoms with van der Waals surface area (Å²) >= 11 is 0. The quantitative estimate of drug-likeness (QED) is 0.123. The van der Waals surface area contributed by atoms with Gasteiger partial charge in [0.05, 0.1) is 52.6 Å². The van der Waals surface area contributed by atoms with Gasteiger partial charge in [0.15, 0.2) is 12.6 Å². The van der Waals surface area contributed by atoms with Crippen LogP contribution in [0.1, 0.15) is 6.92 Å². The highest BCUT2D eigenvalue weighted by atomic mass is 16.7. The maximum absolute atomic E-state index is 12.0. The number of ether oxygens (including phenoxy) is 4. The average molecular weight is 526 g/mol. The maximum Gasteiger partial charge on any atom is 0.315 e. The predicted octanol–water partition coefficient (Wildman–Crippen LogP) is -3.87. The predicted molar refractivity (Wildman–Crippen MR) is 127 cm³/mol. The van der Waals surface area contributed by atoms with Gasteiger partial charge in [-0.2, -0.15) is 0 Å². The first-order valence-electron chi connectivity index (χ1n) is 12.1. The van der Waals surface area contributed by atoms with Crippen LogP contribution in [0.4, 0.5) is 4.79 Å². The molecule has 2 amide bonds. The van der Waals surface area contributed by atoms with Gasteiger partial charge < -0.3 is 64.9 Å². The highest BCUT2D eigenvalue weighted by molar-refractivity contribution is 5.73. The molecule has 2 rings (SSSR count). The van der Waals surface area contributed by atoms with Crippen LogP contribution in [-0.4, -0.2) is 159 Å². The zero-order chi connectivity index (χ0) is 27.2. The molecule has 212 valence electrons. The molecule has 0 spiro atoms. The number of aliphatic hydroxyl groups excluding tert-OH is 5. The summed E-state index contributed by atoms with van der Waals surface area (Å²) in [7, 11) is 8.63. The van der Waals surface area contributed by atoms with Crippen LogP contribution >= 0.6 is 0 Å². The molecule has 14 nitrogen and oxygen atoms in total. The second kappa shape index (κ2) is 13.6. The Balaban J connectivity index is 2.24. The number of amides is 2. The Morgan fingerprint density at radius 2 is 1.64 bits per heavy atom. The molecule has 2 heterocycles. The number of nitrogens with one attached hydrogen (secondary N) is 3. The lowest BCUT2D eigenvalue weighted by Crippen LogP contribution is -2.68. The molecular formula is C22H45N4O10+. The fraction of sp³-hybridized carbons (Fsp3) is 0.955. The van der Waals surface area contributed by atoms with Gasteiger partial charge in [-0.05, 0) is 0 Å². The molecule has 2 fully saturated rings. The lowest BCUT2D eigenvalue weighted by molar-refractivity contribution is -0.873. The number of carbonyl (C=O) groups excluding carboxylic acids is 1. The molecule has 0 aromatic rings. The van der Waals surface area contributed by atoms with Crippen molar-refractivity contribution in [3.63, 3.8) is 0 Å². The van der Waals surface area contributed by atoms with E-state index in [1.807, 2.05) is 21.1 Å². The molecule has 0 aromatic heterocycles. The van der Waals surface area contributed by atoms with E-state index in [4.69, 9.17) is 18.9 Å². The zero-order valence-electron chi connectivity index (χ0n) is 21.9. The molecule has 2 aliphatic rings. The number of carbonyl (C=O) groups is 1. The summed E-state index contributed by atoms with van der Waals surface area (Å²) in [5, 5.41) is 60.2. The molecule has 0 radical (unpaired) electrons. The summed E-state index contributed by atoms with van der Waals surface area (Å²) in [4.78, 5) is 12.0. The van der Waals surface area contributed by atoms with Crippen molar-refractivity contribution in [3.8, 4) is 0 Å². The number of nitrogens with zero attached hydrogens (tertiary/aromatic N) is 1. The highest BCUT2D eigenvalue weighted by Gasteiger charge is 2.51. The number of methoxy groups -OCH3 is 1. The van der Waals surface area contributed by atoms with E-state index in [2.05, 4.69) is 16.0 Å². The van der Waals surface area contributed by atoms with Gasteiger partial charge in [-0.25, -0.2) is 4.79 Å². The SMILES string of the molecule is CNC(=O)NC1C(OC2C(CO)OC(OC)C(NCC(O)C[N+](C)(C)C)C2O)OC(CO)C(C)C1O. The van der Waals surface area contributed by atoms with E-state index >= 15 is 0 Å². The van der Waals surface area contributed by atoms with Crippen LogP contribution in [0.2, 0.25) is 0 Å². The molecule has 2 saturated heterocycles. The fourth-order valence-corrected chi connectivity index (χ4v) is 4.57. The molecule has 36 heavy (non-hydrogen) atoms. The van der Waals surface area contributed by atoms with E-state index in [0.29, 0.717) is 11.0 Å². The Bertz CT molecular complexity index is 684. The van der Waals surface area contributed by atoms with Gasteiger partial charge in [0, 0.05) is 26.6 Å². The van der Waals surface area contributed by atoms with Gasteiger partial charge in [0.1, 0.15) is 37.0 Å². The van der Waals surface area contributed by atoms with Crippen LogP contribution in [-0.2, 0) is 18.9 Å². The number of rotatable bonds is 11. The first kappa shape index (κ1) is 31.1. The van der Waals surface area contributed by atoms with Gasteiger partial charge in [-0.15, -0.1) is 0 Å². The number of quaternary nitrogens is 1. The number of urea groups is 1. The van der Waals surface area contributed by atoms with Crippen molar-refractivity contribution in [2.45, 2.75) is 68.2 Å². The van der Waals surface area contributed by atoms with Crippen LogP contribution in [0.5, 0.6) is 0 Å². The zero-order valence-corrected chi connectivity index (χ0v) is 21.9. The fourth-order valence-electron chi connectivity index (χ4n) is 4.57. The van der Waals surface area contributed by atoms with Crippen molar-refractivity contribution in [1.82, 2.24) is 16.0 Å². The van der Waals surface area contributed by atoms with Gasteiger partial charge in [-0.1, -0.05) is 6.92 Å². The largest absolute Gasteiger partial charge is 0.394 e. The topological polar surface area (TPSA) is 191 Å². The Morgan fingerprint density at radius 3 is 2.17 bits per heavy atom. The normalized spacial score (nSPS) is 38.4. The van der Waals surface area contributed by atoms with Crippen molar-refractivity contribution in [2.75, 3.05) is 61.6 Å². The number of hydrogen-bond acceptors (Lipinski definition) is 11. The summed E-state index contributed by atoms with van der Waals surface area (Å²) < 4.78 is 23.6. The van der Waals surface area contributed by atoms with Crippen LogP contribution in [0, 0.1) is 5.92 Å². The standard InChI is InChI=1S/C22H44N4O10/c1-11-13(9-27)34-21(16(17(11)30)25-22(32)23-2)36-19-14(10-28)35-20(33-6)15(18(19)31)24-7-12(29)8-26(3,4)5/h11-21,24,27-31H,7-10H2,1-6H3,(H-,23,25,32)/p+1. The molecular weight excluding hydrogens is 480 g/mol. The number of likely N-dealkylation sites (N-methyl/N-ethyl adjacent to an activating group) is 1. The van der Waals surface area contributed by atoms with Crippen molar-refractivity contribution >= 4 is 6.03 Å². The monoisotopic (exact) mass is 525 g/mol. The van der Waals surface area contributed by atoms with Crippen molar-refractivity contribution in [2.24, 2.45) is 5.92 Å². The van der Waals surface area contributed by atoms with Crippen molar-refractivity contribution in [1.29, 1.82) is 0 Å². The number of hydrogen-bond donors (Lipinski definition) is 8. The summed E-state index contributed by atoms with van der Waals surface area (Å²) in [6.45, 7) is 1.31. The van der Waals surface area contributed by atoms with Crippen molar-refractivity contribution in [3.05, 3.63) is 0 Å². The maximum atomic E-state index is 12.0. The summed E-state index contributed by atoms with van der Waals surface area (Å²) in [5.41, 5.74) is 0. The van der Waals surface area contributed by atoms with E-state index in [0.717, 1.165) is 0 Å². The third kappa shape index (κ3) is 7.91.